The first-order chi connectivity index (χ1) is 17.0. The van der Waals surface area contributed by atoms with E-state index in [0.717, 1.165) is 11.1 Å². The Labute approximate surface area is 208 Å². The van der Waals surface area contributed by atoms with Crippen molar-refractivity contribution in [3.63, 3.8) is 0 Å². The Bertz CT molecular complexity index is 1350. The molecule has 1 N–H and O–H groups in total. The normalized spacial score (nSPS) is 18.3. The number of nitrogens with zero attached hydrogens (tertiary/aromatic N) is 6. The van der Waals surface area contributed by atoms with E-state index < -0.39 is 5.66 Å². The maximum Gasteiger partial charge on any atom is 0.224 e. The smallest absolute Gasteiger partial charge is 0.224 e. The molecule has 4 aromatic rings. The summed E-state index contributed by atoms with van der Waals surface area (Å²) in [7, 11) is 0. The molecule has 3 aromatic heterocycles. The fraction of sp³-hybridized carbons (Fsp3) is 0.360. The first-order valence-corrected chi connectivity index (χ1v) is 12.2. The summed E-state index contributed by atoms with van der Waals surface area (Å²) >= 11 is 6.34. The van der Waals surface area contributed by atoms with Gasteiger partial charge in [0.05, 0.1) is 23.6 Å². The lowest BCUT2D eigenvalue weighted by molar-refractivity contribution is -0.142. The van der Waals surface area contributed by atoms with Gasteiger partial charge in [-0.2, -0.15) is 5.10 Å². The van der Waals surface area contributed by atoms with Crippen molar-refractivity contribution in [1.82, 2.24) is 29.6 Å². The van der Waals surface area contributed by atoms with Crippen LogP contribution in [0.1, 0.15) is 27.2 Å². The number of fused-ring (bicyclic) bond motifs is 1. The maximum absolute atomic E-state index is 13.1. The van der Waals surface area contributed by atoms with E-state index >= 15 is 0 Å². The second-order valence-electron chi connectivity index (χ2n) is 8.66. The number of hydrogen-bond donors (Lipinski definition) is 1. The highest BCUT2D eigenvalue weighted by atomic mass is 35.5. The Morgan fingerprint density at radius 1 is 1.20 bits per heavy atom. The van der Waals surface area contributed by atoms with Crippen LogP contribution in [0.5, 0.6) is 5.75 Å². The zero-order valence-corrected chi connectivity index (χ0v) is 20.8. The zero-order valence-electron chi connectivity index (χ0n) is 20.0. The van der Waals surface area contributed by atoms with E-state index in [-0.39, 0.29) is 5.91 Å². The van der Waals surface area contributed by atoms with Crippen LogP contribution in [0.3, 0.4) is 0 Å². The molecule has 1 atom stereocenters. The van der Waals surface area contributed by atoms with Gasteiger partial charge in [0.2, 0.25) is 5.91 Å². The molecule has 1 saturated heterocycles. The van der Waals surface area contributed by atoms with Crippen molar-refractivity contribution in [2.45, 2.75) is 32.9 Å². The summed E-state index contributed by atoms with van der Waals surface area (Å²) in [6.07, 6.45) is 5.62. The Hall–Kier alpha value is -3.59. The van der Waals surface area contributed by atoms with E-state index in [9.17, 15) is 4.79 Å². The number of carbonyl (C=O) groups is 1. The fourth-order valence-electron chi connectivity index (χ4n) is 4.79. The van der Waals surface area contributed by atoms with E-state index in [1.807, 2.05) is 60.7 Å². The molecular formula is C25H28ClN7O2. The number of ether oxygens (including phenoxy) is 1. The van der Waals surface area contributed by atoms with E-state index in [1.54, 1.807) is 18.6 Å². The van der Waals surface area contributed by atoms with Gasteiger partial charge in [-0.05, 0) is 38.1 Å². The number of hydrogen-bond acceptors (Lipinski definition) is 6. The van der Waals surface area contributed by atoms with Gasteiger partial charge in [-0.1, -0.05) is 18.5 Å². The third-order valence-electron chi connectivity index (χ3n) is 6.47. The Balaban J connectivity index is 1.63. The summed E-state index contributed by atoms with van der Waals surface area (Å²) in [5, 5.41) is 6.42. The van der Waals surface area contributed by atoms with Crippen LogP contribution in [0.4, 0.5) is 5.69 Å². The predicted octanol–water partition coefficient (Wildman–Crippen LogP) is 4.31. The number of pyridine rings is 1. The molecule has 9 nitrogen and oxygen atoms in total. The second-order valence-corrected chi connectivity index (χ2v) is 9.07. The van der Waals surface area contributed by atoms with Gasteiger partial charge in [-0.15, -0.1) is 0 Å². The Morgan fingerprint density at radius 2 is 2.06 bits per heavy atom. The lowest BCUT2D eigenvalue weighted by Crippen LogP contribution is -2.63. The van der Waals surface area contributed by atoms with Gasteiger partial charge < -0.3 is 19.5 Å². The van der Waals surface area contributed by atoms with Gasteiger partial charge in [-0.25, -0.2) is 14.6 Å². The minimum Gasteiger partial charge on any atom is -0.492 e. The Kier molecular flexibility index (Phi) is 6.10. The number of aromatic nitrogens is 5. The van der Waals surface area contributed by atoms with Crippen LogP contribution in [0.15, 0.2) is 48.9 Å². The van der Waals surface area contributed by atoms with Crippen molar-refractivity contribution in [3.8, 4) is 17.3 Å². The number of halogens is 1. The third kappa shape index (κ3) is 3.99. The minimum absolute atomic E-state index is 0.0670. The van der Waals surface area contributed by atoms with Crippen LogP contribution < -0.4 is 9.64 Å². The van der Waals surface area contributed by atoms with Crippen LogP contribution in [-0.4, -0.2) is 61.8 Å². The number of benzene rings is 1. The summed E-state index contributed by atoms with van der Waals surface area (Å²) < 4.78 is 7.60. The third-order valence-corrected chi connectivity index (χ3v) is 6.78. The molecule has 0 saturated carbocycles. The van der Waals surface area contributed by atoms with Gasteiger partial charge in [0, 0.05) is 49.9 Å². The summed E-state index contributed by atoms with van der Waals surface area (Å²) in [6.45, 7) is 8.11. The van der Waals surface area contributed by atoms with E-state index in [2.05, 4.69) is 19.9 Å². The molecule has 0 unspecified atom stereocenters. The second kappa shape index (κ2) is 9.22. The van der Waals surface area contributed by atoms with Crippen LogP contribution in [-0.2, 0) is 10.5 Å². The number of piperazine rings is 1. The van der Waals surface area contributed by atoms with Crippen LogP contribution in [0.25, 0.3) is 22.6 Å². The predicted molar refractivity (Wildman–Crippen MR) is 136 cm³/mol. The van der Waals surface area contributed by atoms with Crippen LogP contribution in [0.2, 0.25) is 5.02 Å². The van der Waals surface area contributed by atoms with Gasteiger partial charge >= 0.3 is 0 Å². The summed E-state index contributed by atoms with van der Waals surface area (Å²) in [5.74, 6) is 1.37. The number of H-pyrrole nitrogens is 1. The van der Waals surface area contributed by atoms with Crippen molar-refractivity contribution in [3.05, 3.63) is 53.9 Å². The topological polar surface area (TPSA) is 92.2 Å². The number of anilines is 1. The molecule has 5 rings (SSSR count). The maximum atomic E-state index is 13.1. The molecule has 10 heteroatoms. The molecule has 1 aliphatic heterocycles. The SMILES string of the molecule is CCOc1cc(N2CCN(C(=O)CC)[C@@](C)(n3nc(-c4ncc[nH]4)c4cccnc43)C2)ccc1Cl. The van der Waals surface area contributed by atoms with Crippen molar-refractivity contribution in [2.75, 3.05) is 31.1 Å². The van der Waals surface area contributed by atoms with Crippen molar-refractivity contribution >= 4 is 34.2 Å². The largest absolute Gasteiger partial charge is 0.492 e. The molecule has 0 spiro atoms. The highest BCUT2D eigenvalue weighted by Crippen LogP contribution is 2.37. The molecule has 35 heavy (non-hydrogen) atoms. The average Bonchev–Trinajstić information content (AvgIpc) is 3.53. The molecule has 1 amide bonds. The van der Waals surface area contributed by atoms with Gasteiger partial charge in [0.15, 0.2) is 17.1 Å². The number of aromatic amines is 1. The summed E-state index contributed by atoms with van der Waals surface area (Å²) in [6, 6.07) is 9.65. The highest BCUT2D eigenvalue weighted by molar-refractivity contribution is 6.32. The number of carbonyl (C=O) groups excluding carboxylic acids is 1. The fourth-order valence-corrected chi connectivity index (χ4v) is 4.96. The molecule has 1 aliphatic rings. The molecule has 1 aromatic carbocycles. The number of nitrogens with one attached hydrogen (secondary N) is 1. The zero-order chi connectivity index (χ0) is 24.6. The number of rotatable bonds is 6. The molecule has 1 fully saturated rings. The van der Waals surface area contributed by atoms with Crippen molar-refractivity contribution in [2.24, 2.45) is 0 Å². The number of imidazole rings is 1. The quantitative estimate of drug-likeness (QED) is 0.430. The van der Waals surface area contributed by atoms with Gasteiger partial charge in [0.1, 0.15) is 11.4 Å². The van der Waals surface area contributed by atoms with Crippen LogP contribution >= 0.6 is 11.6 Å². The van der Waals surface area contributed by atoms with Crippen molar-refractivity contribution < 1.29 is 9.53 Å². The summed E-state index contributed by atoms with van der Waals surface area (Å²) in [5.41, 5.74) is 1.57. The standard InChI is InChI=1S/C25H28ClN7O2/c1-4-21(34)32-14-13-31(17-8-9-19(26)20(15-17)35-5-2)16-25(32,3)33-24-18(7-6-10-29-24)22(30-33)23-27-11-12-28-23/h6-12,15H,4-5,13-14,16H2,1-3H3,(H,27,28)/t25-/m0/s1. The summed E-state index contributed by atoms with van der Waals surface area (Å²) in [4.78, 5) is 29.5. The minimum atomic E-state index is -0.797. The van der Waals surface area contributed by atoms with E-state index in [4.69, 9.17) is 21.4 Å². The highest BCUT2D eigenvalue weighted by Gasteiger charge is 2.44. The van der Waals surface area contributed by atoms with Crippen LogP contribution in [0, 0.1) is 0 Å². The molecule has 182 valence electrons. The first-order valence-electron chi connectivity index (χ1n) is 11.8. The molecule has 4 heterocycles. The van der Waals surface area contributed by atoms with Crippen molar-refractivity contribution in [1.29, 1.82) is 0 Å². The van der Waals surface area contributed by atoms with Gasteiger partial charge in [-0.3, -0.25) is 4.79 Å². The average molecular weight is 494 g/mol. The molecule has 0 radical (unpaired) electrons. The first kappa shape index (κ1) is 23.2. The number of amides is 1. The molecule has 0 bridgehead atoms. The monoisotopic (exact) mass is 493 g/mol. The Morgan fingerprint density at radius 3 is 2.80 bits per heavy atom. The van der Waals surface area contributed by atoms with E-state index in [1.165, 1.54) is 0 Å². The van der Waals surface area contributed by atoms with E-state index in [0.29, 0.717) is 60.6 Å². The van der Waals surface area contributed by atoms with Gasteiger partial charge in [0.25, 0.3) is 0 Å². The molecular weight excluding hydrogens is 466 g/mol. The molecule has 0 aliphatic carbocycles. The lowest BCUT2D eigenvalue weighted by Gasteiger charge is -2.49. The lowest BCUT2D eigenvalue weighted by atomic mass is 10.0.